The first-order valence-corrected chi connectivity index (χ1v) is 9.21. The summed E-state index contributed by atoms with van der Waals surface area (Å²) >= 11 is 5.69. The molecule has 0 N–H and O–H groups in total. The zero-order valence-corrected chi connectivity index (χ0v) is 16.0. The number of fused-ring (bicyclic) bond motifs is 1. The molecule has 0 spiro atoms. The SMILES string of the molecule is O=c1ccc(-c2ccc3c(c2)OCO3)nn1Cc1nc(-c2ccc(Cl)c(F)c2)no1. The summed E-state index contributed by atoms with van der Waals surface area (Å²) in [5.74, 6) is 1.01. The molecule has 3 heterocycles. The van der Waals surface area contributed by atoms with E-state index in [-0.39, 0.29) is 35.6 Å². The van der Waals surface area contributed by atoms with Crippen LogP contribution in [0.2, 0.25) is 5.02 Å². The van der Waals surface area contributed by atoms with Gasteiger partial charge in [0.2, 0.25) is 18.5 Å². The van der Waals surface area contributed by atoms with Gasteiger partial charge >= 0.3 is 0 Å². The second-order valence-corrected chi connectivity index (χ2v) is 6.83. The third-order valence-corrected chi connectivity index (χ3v) is 4.77. The first-order valence-electron chi connectivity index (χ1n) is 8.83. The van der Waals surface area contributed by atoms with Gasteiger partial charge in [0.05, 0.1) is 10.7 Å². The summed E-state index contributed by atoms with van der Waals surface area (Å²) in [6.45, 7) is 0.128. The van der Waals surface area contributed by atoms with Gasteiger partial charge in [0, 0.05) is 17.2 Å². The highest BCUT2D eigenvalue weighted by Gasteiger charge is 2.16. The third kappa shape index (κ3) is 3.39. The molecular weight excluding hydrogens is 415 g/mol. The van der Waals surface area contributed by atoms with E-state index in [4.69, 9.17) is 25.6 Å². The Hall–Kier alpha value is -3.72. The van der Waals surface area contributed by atoms with Crippen molar-refractivity contribution in [3.8, 4) is 34.1 Å². The summed E-state index contributed by atoms with van der Waals surface area (Å²) in [4.78, 5) is 16.5. The molecule has 0 amide bonds. The average molecular weight is 427 g/mol. The van der Waals surface area contributed by atoms with E-state index >= 15 is 0 Å². The van der Waals surface area contributed by atoms with Crippen molar-refractivity contribution in [2.75, 3.05) is 6.79 Å². The smallest absolute Gasteiger partial charge is 0.267 e. The minimum Gasteiger partial charge on any atom is -0.454 e. The van der Waals surface area contributed by atoms with E-state index in [2.05, 4.69) is 15.2 Å². The topological polar surface area (TPSA) is 92.3 Å². The molecule has 10 heteroatoms. The van der Waals surface area contributed by atoms with Crippen LogP contribution in [0, 0.1) is 5.82 Å². The Morgan fingerprint density at radius 2 is 1.87 bits per heavy atom. The molecule has 0 aliphatic carbocycles. The van der Waals surface area contributed by atoms with Crippen LogP contribution < -0.4 is 15.0 Å². The van der Waals surface area contributed by atoms with Crippen LogP contribution in [0.25, 0.3) is 22.6 Å². The number of rotatable bonds is 4. The predicted octanol–water partition coefficient (Wildman–Crippen LogP) is 3.53. The number of aromatic nitrogens is 4. The lowest BCUT2D eigenvalue weighted by Gasteiger charge is -2.06. The van der Waals surface area contributed by atoms with Gasteiger partial charge in [-0.25, -0.2) is 9.07 Å². The van der Waals surface area contributed by atoms with Crippen LogP contribution in [0.5, 0.6) is 11.5 Å². The van der Waals surface area contributed by atoms with Gasteiger partial charge in [-0.2, -0.15) is 10.1 Å². The summed E-state index contributed by atoms with van der Waals surface area (Å²) in [6, 6.07) is 12.6. The van der Waals surface area contributed by atoms with Gasteiger partial charge in [-0.15, -0.1) is 0 Å². The van der Waals surface area contributed by atoms with E-state index in [0.717, 1.165) is 5.56 Å². The van der Waals surface area contributed by atoms with Crippen LogP contribution in [0.15, 0.2) is 57.8 Å². The first kappa shape index (κ1) is 18.3. The van der Waals surface area contributed by atoms with Gasteiger partial charge in [0.15, 0.2) is 11.5 Å². The number of halogens is 2. The molecule has 0 saturated heterocycles. The Labute approximate surface area is 173 Å². The summed E-state index contributed by atoms with van der Waals surface area (Å²) in [6.07, 6.45) is 0. The first-order chi connectivity index (χ1) is 14.6. The number of ether oxygens (including phenoxy) is 2. The average Bonchev–Trinajstić information content (AvgIpc) is 3.40. The van der Waals surface area contributed by atoms with E-state index in [0.29, 0.717) is 22.8 Å². The molecule has 0 fully saturated rings. The lowest BCUT2D eigenvalue weighted by atomic mass is 10.1. The Bertz CT molecular complexity index is 1320. The van der Waals surface area contributed by atoms with E-state index in [1.54, 1.807) is 24.3 Å². The third-order valence-electron chi connectivity index (χ3n) is 4.47. The maximum atomic E-state index is 13.7. The molecule has 2 aromatic heterocycles. The molecule has 150 valence electrons. The Kier molecular flexibility index (Phi) is 4.44. The van der Waals surface area contributed by atoms with Crippen LogP contribution in [0.3, 0.4) is 0 Å². The fourth-order valence-corrected chi connectivity index (χ4v) is 3.09. The van der Waals surface area contributed by atoms with Crippen LogP contribution in [0.4, 0.5) is 4.39 Å². The number of nitrogens with zero attached hydrogens (tertiary/aromatic N) is 4. The molecule has 1 aliphatic rings. The van der Waals surface area contributed by atoms with Crippen molar-refractivity contribution < 1.29 is 18.4 Å². The van der Waals surface area contributed by atoms with Crippen molar-refractivity contribution in [3.63, 3.8) is 0 Å². The van der Waals surface area contributed by atoms with Crippen LogP contribution in [0.1, 0.15) is 5.89 Å². The number of hydrogen-bond acceptors (Lipinski definition) is 7. The Balaban J connectivity index is 1.43. The van der Waals surface area contributed by atoms with Gasteiger partial charge in [0.1, 0.15) is 12.4 Å². The van der Waals surface area contributed by atoms with Crippen LogP contribution >= 0.6 is 11.6 Å². The maximum absolute atomic E-state index is 13.7. The second kappa shape index (κ2) is 7.27. The van der Waals surface area contributed by atoms with Crippen molar-refractivity contribution >= 4 is 11.6 Å². The molecule has 0 radical (unpaired) electrons. The largest absolute Gasteiger partial charge is 0.454 e. The molecule has 0 unspecified atom stereocenters. The fourth-order valence-electron chi connectivity index (χ4n) is 2.97. The van der Waals surface area contributed by atoms with E-state index in [9.17, 15) is 9.18 Å². The van der Waals surface area contributed by atoms with Gasteiger partial charge < -0.3 is 14.0 Å². The molecule has 5 rings (SSSR count). The monoisotopic (exact) mass is 426 g/mol. The highest BCUT2D eigenvalue weighted by Crippen LogP contribution is 2.35. The van der Waals surface area contributed by atoms with Gasteiger partial charge in [-0.05, 0) is 42.5 Å². The lowest BCUT2D eigenvalue weighted by Crippen LogP contribution is -2.23. The van der Waals surface area contributed by atoms with Crippen molar-refractivity contribution in [2.24, 2.45) is 0 Å². The zero-order chi connectivity index (χ0) is 20.7. The van der Waals surface area contributed by atoms with Crippen molar-refractivity contribution in [1.82, 2.24) is 19.9 Å². The normalized spacial score (nSPS) is 12.3. The molecule has 30 heavy (non-hydrogen) atoms. The summed E-state index contributed by atoms with van der Waals surface area (Å²) < 4.78 is 30.8. The molecule has 0 saturated carbocycles. The van der Waals surface area contributed by atoms with Crippen molar-refractivity contribution in [1.29, 1.82) is 0 Å². The minimum absolute atomic E-state index is 0.00134. The summed E-state index contributed by atoms with van der Waals surface area (Å²) in [5.41, 5.74) is 1.39. The van der Waals surface area contributed by atoms with Crippen LogP contribution in [-0.2, 0) is 6.54 Å². The Morgan fingerprint density at radius 1 is 1.03 bits per heavy atom. The summed E-state index contributed by atoms with van der Waals surface area (Å²) in [5, 5.41) is 8.21. The highest BCUT2D eigenvalue weighted by molar-refractivity contribution is 6.30. The molecule has 4 aromatic rings. The van der Waals surface area contributed by atoms with Crippen LogP contribution in [-0.4, -0.2) is 26.7 Å². The number of benzene rings is 2. The summed E-state index contributed by atoms with van der Waals surface area (Å²) in [7, 11) is 0. The number of hydrogen-bond donors (Lipinski definition) is 0. The van der Waals surface area contributed by atoms with E-state index in [1.165, 1.54) is 22.9 Å². The molecule has 1 aliphatic heterocycles. The standard InChI is InChI=1S/C20H12ClFN4O4/c21-13-3-1-12(7-14(13)22)20-23-18(30-25-20)9-26-19(27)6-4-15(24-26)11-2-5-16-17(8-11)29-10-28-16/h1-8H,9-10H2. The van der Waals surface area contributed by atoms with Crippen molar-refractivity contribution in [3.05, 3.63) is 75.6 Å². The maximum Gasteiger partial charge on any atom is 0.267 e. The van der Waals surface area contributed by atoms with E-state index in [1.807, 2.05) is 6.07 Å². The second-order valence-electron chi connectivity index (χ2n) is 6.42. The molecule has 0 bridgehead atoms. The van der Waals surface area contributed by atoms with E-state index < -0.39 is 5.82 Å². The molecular formula is C20H12ClFN4O4. The molecule has 0 atom stereocenters. The van der Waals surface area contributed by atoms with Gasteiger partial charge in [0.25, 0.3) is 5.56 Å². The quantitative estimate of drug-likeness (QED) is 0.493. The lowest BCUT2D eigenvalue weighted by molar-refractivity contribution is 0.174. The molecule has 8 nitrogen and oxygen atoms in total. The fraction of sp³-hybridized carbons (Fsp3) is 0.100. The van der Waals surface area contributed by atoms with Gasteiger partial charge in [-0.3, -0.25) is 4.79 Å². The molecule has 2 aromatic carbocycles. The van der Waals surface area contributed by atoms with Gasteiger partial charge in [-0.1, -0.05) is 16.8 Å². The minimum atomic E-state index is -0.588. The highest BCUT2D eigenvalue weighted by atomic mass is 35.5. The van der Waals surface area contributed by atoms with Crippen molar-refractivity contribution in [2.45, 2.75) is 6.54 Å². The zero-order valence-electron chi connectivity index (χ0n) is 15.2. The Morgan fingerprint density at radius 3 is 2.73 bits per heavy atom. The predicted molar refractivity (Wildman–Crippen MR) is 104 cm³/mol.